The molecule has 0 spiro atoms. The molecule has 2 saturated heterocycles. The number of rotatable bonds is 4. The van der Waals surface area contributed by atoms with Crippen LogP contribution in [-0.4, -0.2) is 50.3 Å². The third-order valence-corrected chi connectivity index (χ3v) is 4.27. The minimum absolute atomic E-state index is 0.803. The van der Waals surface area contributed by atoms with E-state index < -0.39 is 0 Å². The van der Waals surface area contributed by atoms with Crippen molar-refractivity contribution in [2.75, 3.05) is 39.4 Å². The Hall–Kier alpha value is -0.120. The predicted molar refractivity (Wildman–Crippen MR) is 71.3 cm³/mol. The highest BCUT2D eigenvalue weighted by molar-refractivity contribution is 4.80. The summed E-state index contributed by atoms with van der Waals surface area (Å²) in [6.07, 6.45) is 6.60. The van der Waals surface area contributed by atoms with Crippen LogP contribution in [0.25, 0.3) is 0 Å². The summed E-state index contributed by atoms with van der Waals surface area (Å²) < 4.78 is 5.55. The van der Waals surface area contributed by atoms with Gasteiger partial charge in [0.25, 0.3) is 0 Å². The van der Waals surface area contributed by atoms with E-state index in [0.29, 0.717) is 0 Å². The Bertz CT molecular complexity index is 194. The van der Waals surface area contributed by atoms with Crippen molar-refractivity contribution >= 4 is 0 Å². The first-order valence-electron chi connectivity index (χ1n) is 7.42. The summed E-state index contributed by atoms with van der Waals surface area (Å²) >= 11 is 0. The van der Waals surface area contributed by atoms with Gasteiger partial charge < -0.3 is 15.0 Å². The molecule has 2 rings (SSSR count). The summed E-state index contributed by atoms with van der Waals surface area (Å²) in [4.78, 5) is 2.72. The molecule has 0 radical (unpaired) electrons. The molecule has 2 aliphatic rings. The maximum atomic E-state index is 5.55. The number of hydrogen-bond donors (Lipinski definition) is 1. The van der Waals surface area contributed by atoms with Gasteiger partial charge in [-0.25, -0.2) is 0 Å². The molecule has 2 aliphatic heterocycles. The summed E-state index contributed by atoms with van der Waals surface area (Å²) in [7, 11) is 0. The van der Waals surface area contributed by atoms with E-state index in [1.165, 1.54) is 51.7 Å². The second-order valence-electron chi connectivity index (χ2n) is 5.48. The minimum atomic E-state index is 0.803. The topological polar surface area (TPSA) is 24.5 Å². The van der Waals surface area contributed by atoms with Crippen LogP contribution >= 0.6 is 0 Å². The van der Waals surface area contributed by atoms with Gasteiger partial charge in [-0.05, 0) is 64.2 Å². The number of likely N-dealkylation sites (tertiary alicyclic amines) is 1. The fourth-order valence-corrected chi connectivity index (χ4v) is 3.12. The van der Waals surface area contributed by atoms with E-state index in [0.717, 1.165) is 31.7 Å². The highest BCUT2D eigenvalue weighted by Gasteiger charge is 2.25. The summed E-state index contributed by atoms with van der Waals surface area (Å²) in [6.45, 7) is 9.09. The van der Waals surface area contributed by atoms with Gasteiger partial charge in [-0.3, -0.25) is 0 Å². The molecule has 0 aromatic rings. The summed E-state index contributed by atoms with van der Waals surface area (Å²) in [5.41, 5.74) is 0. The zero-order valence-corrected chi connectivity index (χ0v) is 11.3. The number of piperidine rings is 1. The predicted octanol–water partition coefficient (Wildman–Crippen LogP) is 1.88. The average Bonchev–Trinajstić information content (AvgIpc) is 2.66. The highest BCUT2D eigenvalue weighted by atomic mass is 16.5. The van der Waals surface area contributed by atoms with Gasteiger partial charge in [0.15, 0.2) is 0 Å². The van der Waals surface area contributed by atoms with Gasteiger partial charge in [-0.1, -0.05) is 6.92 Å². The maximum Gasteiger partial charge on any atom is 0.0480 e. The van der Waals surface area contributed by atoms with Crippen molar-refractivity contribution in [2.24, 2.45) is 5.92 Å². The van der Waals surface area contributed by atoms with Crippen molar-refractivity contribution in [1.29, 1.82) is 0 Å². The third-order valence-electron chi connectivity index (χ3n) is 4.27. The summed E-state index contributed by atoms with van der Waals surface area (Å²) in [5, 5.41) is 3.48. The lowest BCUT2D eigenvalue weighted by atomic mass is 9.94. The smallest absolute Gasteiger partial charge is 0.0480 e. The monoisotopic (exact) mass is 240 g/mol. The van der Waals surface area contributed by atoms with Crippen molar-refractivity contribution in [3.8, 4) is 0 Å². The van der Waals surface area contributed by atoms with Gasteiger partial charge in [-0.15, -0.1) is 0 Å². The van der Waals surface area contributed by atoms with E-state index in [4.69, 9.17) is 4.74 Å². The number of hydrogen-bond acceptors (Lipinski definition) is 3. The number of nitrogens with zero attached hydrogens (tertiary/aromatic N) is 1. The highest BCUT2D eigenvalue weighted by Crippen LogP contribution is 2.23. The van der Waals surface area contributed by atoms with Crippen molar-refractivity contribution in [3.63, 3.8) is 0 Å². The molecule has 2 fully saturated rings. The van der Waals surface area contributed by atoms with Crippen LogP contribution in [0.5, 0.6) is 0 Å². The van der Waals surface area contributed by atoms with Crippen LogP contribution in [0.4, 0.5) is 0 Å². The molecule has 17 heavy (non-hydrogen) atoms. The van der Waals surface area contributed by atoms with Crippen molar-refractivity contribution < 1.29 is 4.74 Å². The van der Waals surface area contributed by atoms with Gasteiger partial charge in [0.2, 0.25) is 0 Å². The van der Waals surface area contributed by atoms with E-state index >= 15 is 0 Å². The normalized spacial score (nSPS) is 29.1. The minimum Gasteiger partial charge on any atom is -0.381 e. The second kappa shape index (κ2) is 7.34. The van der Waals surface area contributed by atoms with Gasteiger partial charge >= 0.3 is 0 Å². The first-order chi connectivity index (χ1) is 8.40. The molecule has 2 heterocycles. The van der Waals surface area contributed by atoms with Gasteiger partial charge in [-0.2, -0.15) is 0 Å². The molecule has 0 aromatic carbocycles. The van der Waals surface area contributed by atoms with E-state index in [1.54, 1.807) is 0 Å². The fraction of sp³-hybridized carbons (Fsp3) is 1.00. The Morgan fingerprint density at radius 3 is 2.71 bits per heavy atom. The zero-order valence-electron chi connectivity index (χ0n) is 11.3. The molecule has 3 heteroatoms. The quantitative estimate of drug-likeness (QED) is 0.812. The standard InChI is InChI=1S/C14H28N2O/c1-2-15-12-13-5-8-16(9-6-13)14-4-3-10-17-11-7-14/h13-15H,2-12H2,1H3. The Morgan fingerprint density at radius 1 is 1.12 bits per heavy atom. The molecule has 1 N–H and O–H groups in total. The Balaban J connectivity index is 1.70. The molecular weight excluding hydrogens is 212 g/mol. The SMILES string of the molecule is CCNCC1CCN(C2CCCOCC2)CC1. The molecule has 0 saturated carbocycles. The second-order valence-corrected chi connectivity index (χ2v) is 5.48. The average molecular weight is 240 g/mol. The molecule has 0 bridgehead atoms. The van der Waals surface area contributed by atoms with Crippen molar-refractivity contribution in [3.05, 3.63) is 0 Å². The van der Waals surface area contributed by atoms with Crippen LogP contribution in [0.2, 0.25) is 0 Å². The van der Waals surface area contributed by atoms with Crippen molar-refractivity contribution in [1.82, 2.24) is 10.2 Å². The van der Waals surface area contributed by atoms with Crippen molar-refractivity contribution in [2.45, 2.75) is 45.1 Å². The molecule has 0 amide bonds. The molecular formula is C14H28N2O. The molecule has 1 atom stereocenters. The van der Waals surface area contributed by atoms with Crippen LogP contribution in [-0.2, 0) is 4.74 Å². The van der Waals surface area contributed by atoms with Crippen LogP contribution in [0.15, 0.2) is 0 Å². The van der Waals surface area contributed by atoms with Gasteiger partial charge in [0.1, 0.15) is 0 Å². The fourth-order valence-electron chi connectivity index (χ4n) is 3.12. The van der Waals surface area contributed by atoms with E-state index in [9.17, 15) is 0 Å². The Kier molecular flexibility index (Phi) is 5.75. The van der Waals surface area contributed by atoms with Crippen LogP contribution in [0.1, 0.15) is 39.0 Å². The summed E-state index contributed by atoms with van der Waals surface area (Å²) in [5.74, 6) is 0.910. The molecule has 0 aromatic heterocycles. The zero-order chi connectivity index (χ0) is 11.9. The van der Waals surface area contributed by atoms with Crippen LogP contribution in [0.3, 0.4) is 0 Å². The van der Waals surface area contributed by atoms with E-state index in [-0.39, 0.29) is 0 Å². The van der Waals surface area contributed by atoms with Gasteiger partial charge in [0, 0.05) is 19.3 Å². The number of nitrogens with one attached hydrogen (secondary N) is 1. The molecule has 0 aliphatic carbocycles. The largest absolute Gasteiger partial charge is 0.381 e. The maximum absolute atomic E-state index is 5.55. The van der Waals surface area contributed by atoms with Gasteiger partial charge in [0.05, 0.1) is 0 Å². The van der Waals surface area contributed by atoms with E-state index in [1.807, 2.05) is 0 Å². The lowest BCUT2D eigenvalue weighted by molar-refractivity contribution is 0.106. The first-order valence-corrected chi connectivity index (χ1v) is 7.42. The van der Waals surface area contributed by atoms with Crippen LogP contribution < -0.4 is 5.32 Å². The lowest BCUT2D eigenvalue weighted by Gasteiger charge is -2.37. The molecule has 3 nitrogen and oxygen atoms in total. The number of ether oxygens (including phenoxy) is 1. The van der Waals surface area contributed by atoms with Crippen LogP contribution in [0, 0.1) is 5.92 Å². The Labute approximate surface area is 106 Å². The van der Waals surface area contributed by atoms with E-state index in [2.05, 4.69) is 17.1 Å². The third kappa shape index (κ3) is 4.23. The Morgan fingerprint density at radius 2 is 1.94 bits per heavy atom. The first kappa shape index (κ1) is 13.3. The molecule has 1 unspecified atom stereocenters. The molecule has 100 valence electrons. The lowest BCUT2D eigenvalue weighted by Crippen LogP contribution is -2.43. The summed E-state index contributed by atoms with van der Waals surface area (Å²) in [6, 6.07) is 0.803.